The second-order valence-corrected chi connectivity index (χ2v) is 7.09. The molecule has 1 aromatic carbocycles. The van der Waals surface area contributed by atoms with E-state index in [1.54, 1.807) is 6.20 Å². The molecule has 0 unspecified atom stereocenters. The summed E-state index contributed by atoms with van der Waals surface area (Å²) in [6.07, 6.45) is 3.92. The van der Waals surface area contributed by atoms with Gasteiger partial charge in [0.05, 0.1) is 22.8 Å². The van der Waals surface area contributed by atoms with Crippen LogP contribution in [0.1, 0.15) is 37.0 Å². The maximum Gasteiger partial charge on any atom is 0.254 e. The van der Waals surface area contributed by atoms with Gasteiger partial charge in [-0.2, -0.15) is 5.10 Å². The molecule has 1 amide bonds. The Kier molecular flexibility index (Phi) is 4.45. The first-order chi connectivity index (χ1) is 12.7. The van der Waals surface area contributed by atoms with Crippen LogP contribution in [-0.2, 0) is 6.54 Å². The summed E-state index contributed by atoms with van der Waals surface area (Å²) in [6.45, 7) is 6.67. The van der Waals surface area contributed by atoms with Crippen LogP contribution in [0.3, 0.4) is 0 Å². The Hall–Kier alpha value is -2.69. The largest absolute Gasteiger partial charge is 0.339 e. The summed E-state index contributed by atoms with van der Waals surface area (Å²) >= 11 is 0. The molecule has 0 spiro atoms. The van der Waals surface area contributed by atoms with Gasteiger partial charge in [0.1, 0.15) is 0 Å². The minimum Gasteiger partial charge on any atom is -0.339 e. The number of aromatic nitrogens is 3. The van der Waals surface area contributed by atoms with Crippen molar-refractivity contribution in [1.29, 1.82) is 0 Å². The van der Waals surface area contributed by atoms with E-state index >= 15 is 0 Å². The molecule has 0 saturated carbocycles. The van der Waals surface area contributed by atoms with Crippen LogP contribution < -0.4 is 0 Å². The van der Waals surface area contributed by atoms with E-state index in [2.05, 4.69) is 12.0 Å². The van der Waals surface area contributed by atoms with Crippen LogP contribution in [0.25, 0.3) is 22.3 Å². The number of benzene rings is 1. The molecule has 5 nitrogen and oxygen atoms in total. The lowest BCUT2D eigenvalue weighted by Crippen LogP contribution is -2.38. The second kappa shape index (κ2) is 6.90. The molecule has 0 bridgehead atoms. The number of nitrogens with zero attached hydrogens (tertiary/aromatic N) is 4. The number of piperidine rings is 1. The van der Waals surface area contributed by atoms with Crippen LogP contribution in [0.4, 0.5) is 0 Å². The molecular formula is C21H24N4O. The van der Waals surface area contributed by atoms with Gasteiger partial charge in [-0.1, -0.05) is 37.3 Å². The van der Waals surface area contributed by atoms with Gasteiger partial charge in [0, 0.05) is 25.2 Å². The van der Waals surface area contributed by atoms with Crippen molar-refractivity contribution in [3.05, 3.63) is 48.2 Å². The smallest absolute Gasteiger partial charge is 0.254 e. The topological polar surface area (TPSA) is 51.0 Å². The number of rotatable bonds is 3. The molecule has 2 aromatic heterocycles. The van der Waals surface area contributed by atoms with E-state index in [0.717, 1.165) is 54.8 Å². The molecule has 0 radical (unpaired) electrons. The summed E-state index contributed by atoms with van der Waals surface area (Å²) in [4.78, 5) is 20.0. The zero-order valence-electron chi connectivity index (χ0n) is 15.4. The van der Waals surface area contributed by atoms with Crippen molar-refractivity contribution in [1.82, 2.24) is 19.7 Å². The summed E-state index contributed by atoms with van der Waals surface area (Å²) in [5, 5.41) is 5.27. The van der Waals surface area contributed by atoms with Crippen molar-refractivity contribution in [3.63, 3.8) is 0 Å². The number of amides is 1. The molecule has 1 aliphatic rings. The first kappa shape index (κ1) is 16.8. The minimum absolute atomic E-state index is 0.0946. The van der Waals surface area contributed by atoms with E-state index in [4.69, 9.17) is 4.98 Å². The summed E-state index contributed by atoms with van der Waals surface area (Å²) < 4.78 is 1.86. The van der Waals surface area contributed by atoms with Crippen molar-refractivity contribution < 1.29 is 4.79 Å². The highest BCUT2D eigenvalue weighted by Gasteiger charge is 2.25. The van der Waals surface area contributed by atoms with E-state index in [-0.39, 0.29) is 5.91 Å². The second-order valence-electron chi connectivity index (χ2n) is 7.09. The van der Waals surface area contributed by atoms with Crippen molar-refractivity contribution in [2.45, 2.75) is 33.2 Å². The van der Waals surface area contributed by atoms with Gasteiger partial charge in [-0.25, -0.2) is 9.67 Å². The van der Waals surface area contributed by atoms with Crippen LogP contribution in [0.5, 0.6) is 0 Å². The van der Waals surface area contributed by atoms with Gasteiger partial charge in [0.25, 0.3) is 5.91 Å². The molecule has 0 aliphatic carbocycles. The Labute approximate surface area is 153 Å². The number of pyridine rings is 1. The van der Waals surface area contributed by atoms with Crippen molar-refractivity contribution in [2.24, 2.45) is 5.92 Å². The third-order valence-corrected chi connectivity index (χ3v) is 5.28. The molecule has 4 rings (SSSR count). The summed E-state index contributed by atoms with van der Waals surface area (Å²) in [5.74, 6) is 0.788. The van der Waals surface area contributed by atoms with Gasteiger partial charge in [0.2, 0.25) is 0 Å². The lowest BCUT2D eigenvalue weighted by Gasteiger charge is -2.30. The molecule has 134 valence electrons. The molecule has 3 aromatic rings. The highest BCUT2D eigenvalue weighted by atomic mass is 16.2. The number of likely N-dealkylation sites (tertiary alicyclic amines) is 1. The number of carbonyl (C=O) groups is 1. The van der Waals surface area contributed by atoms with Crippen LogP contribution in [-0.4, -0.2) is 38.7 Å². The number of fused-ring (bicyclic) bond motifs is 1. The van der Waals surface area contributed by atoms with E-state index in [9.17, 15) is 4.79 Å². The van der Waals surface area contributed by atoms with E-state index in [1.807, 2.05) is 52.9 Å². The average Bonchev–Trinajstić information content (AvgIpc) is 3.11. The van der Waals surface area contributed by atoms with E-state index in [1.165, 1.54) is 0 Å². The summed E-state index contributed by atoms with van der Waals surface area (Å²) in [6, 6.07) is 12.0. The Morgan fingerprint density at radius 1 is 1.19 bits per heavy atom. The molecule has 0 N–H and O–H groups in total. The van der Waals surface area contributed by atoms with Crippen molar-refractivity contribution in [2.75, 3.05) is 13.1 Å². The molecule has 3 heterocycles. The predicted molar refractivity (Wildman–Crippen MR) is 103 cm³/mol. The zero-order chi connectivity index (χ0) is 18.1. The first-order valence-corrected chi connectivity index (χ1v) is 9.38. The lowest BCUT2D eigenvalue weighted by atomic mass is 9.98. The maximum absolute atomic E-state index is 13.3. The predicted octanol–water partition coefficient (Wildman–Crippen LogP) is 3.99. The molecular weight excluding hydrogens is 324 g/mol. The normalized spacial score (nSPS) is 15.5. The number of aryl methyl sites for hydroxylation is 1. The molecule has 0 atom stereocenters. The first-order valence-electron chi connectivity index (χ1n) is 9.38. The van der Waals surface area contributed by atoms with E-state index in [0.29, 0.717) is 11.5 Å². The van der Waals surface area contributed by atoms with Crippen molar-refractivity contribution in [3.8, 4) is 11.3 Å². The Morgan fingerprint density at radius 3 is 2.62 bits per heavy atom. The fourth-order valence-corrected chi connectivity index (χ4v) is 3.59. The van der Waals surface area contributed by atoms with E-state index < -0.39 is 0 Å². The molecule has 1 saturated heterocycles. The Bertz CT molecular complexity index is 924. The standard InChI is InChI=1S/C21H24N4O/c1-3-25-20-18(14-22-25)17(21(26)24-11-9-15(2)10-12-24)13-19(23-20)16-7-5-4-6-8-16/h4-8,13-15H,3,9-12H2,1-2H3. The lowest BCUT2D eigenvalue weighted by molar-refractivity contribution is 0.0699. The summed E-state index contributed by atoms with van der Waals surface area (Å²) in [5.41, 5.74) is 3.33. The highest BCUT2D eigenvalue weighted by molar-refractivity contribution is 6.06. The van der Waals surface area contributed by atoms with Crippen LogP contribution >= 0.6 is 0 Å². The van der Waals surface area contributed by atoms with Crippen molar-refractivity contribution >= 4 is 16.9 Å². The third-order valence-electron chi connectivity index (χ3n) is 5.28. The molecule has 1 aliphatic heterocycles. The van der Waals surface area contributed by atoms with Gasteiger partial charge in [0.15, 0.2) is 5.65 Å². The molecule has 26 heavy (non-hydrogen) atoms. The Morgan fingerprint density at radius 2 is 1.92 bits per heavy atom. The number of hydrogen-bond acceptors (Lipinski definition) is 3. The van der Waals surface area contributed by atoms with Crippen LogP contribution in [0.2, 0.25) is 0 Å². The minimum atomic E-state index is 0.0946. The van der Waals surface area contributed by atoms with Gasteiger partial charge in [-0.05, 0) is 31.7 Å². The monoisotopic (exact) mass is 348 g/mol. The quantitative estimate of drug-likeness (QED) is 0.719. The van der Waals surface area contributed by atoms with Gasteiger partial charge < -0.3 is 4.90 Å². The van der Waals surface area contributed by atoms with Crippen LogP contribution in [0.15, 0.2) is 42.6 Å². The van der Waals surface area contributed by atoms with Gasteiger partial charge in [-0.3, -0.25) is 4.79 Å². The van der Waals surface area contributed by atoms with Crippen LogP contribution in [0, 0.1) is 5.92 Å². The number of hydrogen-bond donors (Lipinski definition) is 0. The fourth-order valence-electron chi connectivity index (χ4n) is 3.59. The molecule has 1 fully saturated rings. The average molecular weight is 348 g/mol. The highest BCUT2D eigenvalue weighted by Crippen LogP contribution is 2.27. The molecule has 5 heteroatoms. The third kappa shape index (κ3) is 2.98. The Balaban J connectivity index is 1.82. The maximum atomic E-state index is 13.3. The van der Waals surface area contributed by atoms with Gasteiger partial charge in [-0.15, -0.1) is 0 Å². The SMILES string of the molecule is CCn1ncc2c(C(=O)N3CCC(C)CC3)cc(-c3ccccc3)nc21. The number of carbonyl (C=O) groups excluding carboxylic acids is 1. The zero-order valence-corrected chi connectivity index (χ0v) is 15.4. The van der Waals surface area contributed by atoms with Gasteiger partial charge >= 0.3 is 0 Å². The summed E-state index contributed by atoms with van der Waals surface area (Å²) in [7, 11) is 0. The fraction of sp³-hybridized carbons (Fsp3) is 0.381.